The molecular formula is C19H20BrN5O2S. The molecule has 0 spiro atoms. The van der Waals surface area contributed by atoms with Crippen molar-refractivity contribution < 1.29 is 9.53 Å². The van der Waals surface area contributed by atoms with Crippen LogP contribution in [0, 0.1) is 0 Å². The quantitative estimate of drug-likeness (QED) is 0.429. The van der Waals surface area contributed by atoms with Gasteiger partial charge in [-0.3, -0.25) is 4.79 Å². The predicted octanol–water partition coefficient (Wildman–Crippen LogP) is 3.18. The zero-order valence-corrected chi connectivity index (χ0v) is 17.9. The summed E-state index contributed by atoms with van der Waals surface area (Å²) in [6, 6.07) is 15.3. The van der Waals surface area contributed by atoms with Crippen molar-refractivity contribution in [2.24, 2.45) is 0 Å². The van der Waals surface area contributed by atoms with E-state index in [0.29, 0.717) is 23.3 Å². The Kier molecular flexibility index (Phi) is 6.58. The van der Waals surface area contributed by atoms with E-state index < -0.39 is 0 Å². The number of methoxy groups -OCH3 is 1. The monoisotopic (exact) mass is 461 g/mol. The van der Waals surface area contributed by atoms with Crippen molar-refractivity contribution in [3.05, 3.63) is 58.6 Å². The van der Waals surface area contributed by atoms with Crippen LogP contribution in [0.2, 0.25) is 0 Å². The van der Waals surface area contributed by atoms with Gasteiger partial charge in [0.2, 0.25) is 11.1 Å². The fraction of sp³-hybridized carbons (Fsp3) is 0.211. The summed E-state index contributed by atoms with van der Waals surface area (Å²) in [6.45, 7) is 0.516. The molecule has 3 aromatic rings. The van der Waals surface area contributed by atoms with Gasteiger partial charge in [0.1, 0.15) is 5.75 Å². The SMILES string of the molecule is COc1ccccc1-c1nnc(SCC(=O)N(C)Cc2ccccc2Br)n1N. The van der Waals surface area contributed by atoms with Gasteiger partial charge in [-0.25, -0.2) is 4.68 Å². The van der Waals surface area contributed by atoms with E-state index in [9.17, 15) is 4.79 Å². The number of hydrogen-bond acceptors (Lipinski definition) is 6. The lowest BCUT2D eigenvalue weighted by Crippen LogP contribution is -2.28. The first-order chi connectivity index (χ1) is 13.5. The van der Waals surface area contributed by atoms with Gasteiger partial charge in [-0.1, -0.05) is 58.0 Å². The maximum absolute atomic E-state index is 12.5. The third-order valence-corrected chi connectivity index (χ3v) is 5.83. The molecule has 0 saturated carbocycles. The molecule has 9 heteroatoms. The standard InChI is InChI=1S/C19H20BrN5O2S/c1-24(11-13-7-3-5-9-15(13)20)17(26)12-28-19-23-22-18(25(19)21)14-8-4-6-10-16(14)27-2/h3-10H,11-12,21H2,1-2H3. The molecule has 0 fully saturated rings. The number of carbonyl (C=O) groups is 1. The molecular weight excluding hydrogens is 442 g/mol. The Balaban J connectivity index is 1.66. The van der Waals surface area contributed by atoms with Gasteiger partial charge >= 0.3 is 0 Å². The van der Waals surface area contributed by atoms with E-state index in [2.05, 4.69) is 26.1 Å². The second kappa shape index (κ2) is 9.11. The Bertz CT molecular complexity index is 978. The molecule has 2 aromatic carbocycles. The molecule has 1 amide bonds. The van der Waals surface area contributed by atoms with Gasteiger partial charge in [-0.05, 0) is 23.8 Å². The zero-order valence-electron chi connectivity index (χ0n) is 15.5. The largest absolute Gasteiger partial charge is 0.496 e. The molecule has 0 aliphatic rings. The van der Waals surface area contributed by atoms with Gasteiger partial charge in [0.15, 0.2) is 5.82 Å². The number of benzene rings is 2. The number of nitrogens with zero attached hydrogens (tertiary/aromatic N) is 4. The minimum Gasteiger partial charge on any atom is -0.496 e. The van der Waals surface area contributed by atoms with Gasteiger partial charge in [0.25, 0.3) is 0 Å². The Morgan fingerprint density at radius 1 is 1.21 bits per heavy atom. The Hall–Kier alpha value is -2.52. The first-order valence-corrected chi connectivity index (χ1v) is 10.2. The minimum atomic E-state index is -0.0254. The van der Waals surface area contributed by atoms with Crippen LogP contribution in [0.25, 0.3) is 11.4 Å². The predicted molar refractivity (Wildman–Crippen MR) is 114 cm³/mol. The van der Waals surface area contributed by atoms with E-state index in [1.807, 2.05) is 48.5 Å². The highest BCUT2D eigenvalue weighted by Gasteiger charge is 2.18. The number of ether oxygens (including phenoxy) is 1. The minimum absolute atomic E-state index is 0.0254. The van der Waals surface area contributed by atoms with E-state index in [-0.39, 0.29) is 11.7 Å². The van der Waals surface area contributed by atoms with Crippen molar-refractivity contribution in [1.82, 2.24) is 19.8 Å². The van der Waals surface area contributed by atoms with Gasteiger partial charge in [0, 0.05) is 18.1 Å². The number of rotatable bonds is 7. The number of para-hydroxylation sites is 1. The first-order valence-electron chi connectivity index (χ1n) is 8.45. The summed E-state index contributed by atoms with van der Waals surface area (Å²) < 4.78 is 7.71. The molecule has 1 heterocycles. The normalized spacial score (nSPS) is 10.7. The van der Waals surface area contributed by atoms with Gasteiger partial charge in [0.05, 0.1) is 18.4 Å². The number of aromatic nitrogens is 3. The maximum atomic E-state index is 12.5. The summed E-state index contributed by atoms with van der Waals surface area (Å²) >= 11 is 4.75. The van der Waals surface area contributed by atoms with Crippen molar-refractivity contribution in [3.63, 3.8) is 0 Å². The highest BCUT2D eigenvalue weighted by atomic mass is 79.9. The van der Waals surface area contributed by atoms with Crippen LogP contribution in [-0.4, -0.2) is 45.6 Å². The van der Waals surface area contributed by atoms with Crippen LogP contribution >= 0.6 is 27.7 Å². The Morgan fingerprint density at radius 3 is 2.68 bits per heavy atom. The molecule has 0 aliphatic carbocycles. The molecule has 0 aliphatic heterocycles. The molecule has 0 radical (unpaired) electrons. The molecule has 146 valence electrons. The zero-order chi connectivity index (χ0) is 20.1. The van der Waals surface area contributed by atoms with Gasteiger partial charge in [-0.2, -0.15) is 0 Å². The van der Waals surface area contributed by atoms with Crippen LogP contribution < -0.4 is 10.6 Å². The third kappa shape index (κ3) is 4.48. The molecule has 0 saturated heterocycles. The summed E-state index contributed by atoms with van der Waals surface area (Å²) in [5.74, 6) is 7.47. The van der Waals surface area contributed by atoms with Crippen LogP contribution in [-0.2, 0) is 11.3 Å². The summed E-state index contributed by atoms with van der Waals surface area (Å²) in [5, 5.41) is 8.73. The molecule has 2 N–H and O–H groups in total. The van der Waals surface area contributed by atoms with Crippen LogP contribution in [0.5, 0.6) is 5.75 Å². The smallest absolute Gasteiger partial charge is 0.233 e. The molecule has 28 heavy (non-hydrogen) atoms. The highest BCUT2D eigenvalue weighted by molar-refractivity contribution is 9.10. The highest BCUT2D eigenvalue weighted by Crippen LogP contribution is 2.29. The molecule has 1 aromatic heterocycles. The van der Waals surface area contributed by atoms with Crippen molar-refractivity contribution in [2.75, 3.05) is 25.8 Å². The number of thioether (sulfide) groups is 1. The fourth-order valence-electron chi connectivity index (χ4n) is 2.60. The number of amides is 1. The summed E-state index contributed by atoms with van der Waals surface area (Å²) in [6.07, 6.45) is 0. The summed E-state index contributed by atoms with van der Waals surface area (Å²) in [7, 11) is 3.36. The van der Waals surface area contributed by atoms with Crippen LogP contribution in [0.3, 0.4) is 0 Å². The molecule has 0 atom stereocenters. The lowest BCUT2D eigenvalue weighted by atomic mass is 10.2. The average molecular weight is 462 g/mol. The number of hydrogen-bond donors (Lipinski definition) is 1. The average Bonchev–Trinajstić information content (AvgIpc) is 3.08. The van der Waals surface area contributed by atoms with Crippen molar-refractivity contribution in [2.45, 2.75) is 11.7 Å². The molecule has 0 bridgehead atoms. The summed E-state index contributed by atoms with van der Waals surface area (Å²) in [4.78, 5) is 14.2. The van der Waals surface area contributed by atoms with Crippen LogP contribution in [0.4, 0.5) is 0 Å². The maximum Gasteiger partial charge on any atom is 0.233 e. The lowest BCUT2D eigenvalue weighted by molar-refractivity contribution is -0.127. The second-order valence-electron chi connectivity index (χ2n) is 6.01. The number of nitrogen functional groups attached to an aromatic ring is 1. The van der Waals surface area contributed by atoms with Crippen molar-refractivity contribution in [1.29, 1.82) is 0 Å². The lowest BCUT2D eigenvalue weighted by Gasteiger charge is -2.17. The van der Waals surface area contributed by atoms with Crippen LogP contribution in [0.1, 0.15) is 5.56 Å². The second-order valence-corrected chi connectivity index (χ2v) is 7.80. The van der Waals surface area contributed by atoms with Crippen molar-refractivity contribution in [3.8, 4) is 17.1 Å². The van der Waals surface area contributed by atoms with Crippen molar-refractivity contribution >= 4 is 33.6 Å². The van der Waals surface area contributed by atoms with E-state index >= 15 is 0 Å². The van der Waals surface area contributed by atoms with E-state index in [1.54, 1.807) is 19.1 Å². The molecule has 3 rings (SSSR count). The third-order valence-electron chi connectivity index (χ3n) is 4.13. The van der Waals surface area contributed by atoms with E-state index in [1.165, 1.54) is 16.4 Å². The number of carbonyl (C=O) groups excluding carboxylic acids is 1. The van der Waals surface area contributed by atoms with Crippen LogP contribution in [0.15, 0.2) is 58.2 Å². The van der Waals surface area contributed by atoms with E-state index in [0.717, 1.165) is 15.6 Å². The molecule has 7 nitrogen and oxygen atoms in total. The fourth-order valence-corrected chi connectivity index (χ4v) is 3.80. The summed E-state index contributed by atoms with van der Waals surface area (Å²) in [5.41, 5.74) is 1.79. The number of nitrogens with two attached hydrogens (primary N) is 1. The molecule has 0 unspecified atom stereocenters. The topological polar surface area (TPSA) is 86.3 Å². The van der Waals surface area contributed by atoms with Gasteiger partial charge in [-0.15, -0.1) is 10.2 Å². The number of halogens is 1. The first kappa shape index (κ1) is 20.2. The van der Waals surface area contributed by atoms with Gasteiger partial charge < -0.3 is 15.5 Å². The van der Waals surface area contributed by atoms with E-state index in [4.69, 9.17) is 10.6 Å². The Labute approximate surface area is 176 Å². The Morgan fingerprint density at radius 2 is 1.93 bits per heavy atom.